The highest BCUT2D eigenvalue weighted by molar-refractivity contribution is 6.31. The summed E-state index contributed by atoms with van der Waals surface area (Å²) in [4.78, 5) is 29.0. The number of hydrogen-bond acceptors (Lipinski definition) is 7. The highest BCUT2D eigenvalue weighted by atomic mass is 16.8. The van der Waals surface area contributed by atoms with Crippen LogP contribution in [0.1, 0.15) is 16.7 Å². The maximum atomic E-state index is 12.2. The Kier molecular flexibility index (Phi) is 4.91. The van der Waals surface area contributed by atoms with Gasteiger partial charge in [-0.1, -0.05) is 54.6 Å². The van der Waals surface area contributed by atoms with Gasteiger partial charge in [0.25, 0.3) is 5.79 Å². The van der Waals surface area contributed by atoms with E-state index in [1.165, 1.54) is 5.56 Å². The summed E-state index contributed by atoms with van der Waals surface area (Å²) < 4.78 is 13.1. The van der Waals surface area contributed by atoms with Gasteiger partial charge in [-0.2, -0.15) is 5.10 Å². The molecule has 0 unspecified atom stereocenters. The lowest BCUT2D eigenvalue weighted by Crippen LogP contribution is -2.48. The van der Waals surface area contributed by atoms with Crippen molar-refractivity contribution in [1.29, 1.82) is 0 Å². The second-order valence-electron chi connectivity index (χ2n) is 9.10. The fourth-order valence-electron chi connectivity index (χ4n) is 5.33. The summed E-state index contributed by atoms with van der Waals surface area (Å²) in [6.45, 7) is 4.39. The van der Waals surface area contributed by atoms with E-state index in [1.807, 2.05) is 42.1 Å². The quantitative estimate of drug-likeness (QED) is 0.438. The van der Waals surface area contributed by atoms with Gasteiger partial charge in [-0.3, -0.25) is 9.58 Å². The molecule has 174 valence electrons. The van der Waals surface area contributed by atoms with E-state index in [1.54, 1.807) is 0 Å². The van der Waals surface area contributed by atoms with Gasteiger partial charge in [0.2, 0.25) is 0 Å². The molecule has 6 rings (SSSR count). The zero-order chi connectivity index (χ0) is 23.3. The van der Waals surface area contributed by atoms with Crippen molar-refractivity contribution in [3.63, 3.8) is 0 Å². The third-order valence-corrected chi connectivity index (χ3v) is 7.02. The Morgan fingerprint density at radius 2 is 1.59 bits per heavy atom. The number of carbonyl (C=O) groups excluding carboxylic acids is 2. The molecule has 0 atom stereocenters. The first-order valence-corrected chi connectivity index (χ1v) is 11.7. The number of fused-ring (bicyclic) bond motifs is 4. The summed E-state index contributed by atoms with van der Waals surface area (Å²) >= 11 is 0. The van der Waals surface area contributed by atoms with Crippen LogP contribution in [0.2, 0.25) is 0 Å². The second-order valence-corrected chi connectivity index (χ2v) is 9.10. The van der Waals surface area contributed by atoms with Crippen LogP contribution in [-0.2, 0) is 44.7 Å². The van der Waals surface area contributed by atoms with Crippen molar-refractivity contribution < 1.29 is 19.1 Å². The van der Waals surface area contributed by atoms with Crippen molar-refractivity contribution in [1.82, 2.24) is 14.7 Å². The summed E-state index contributed by atoms with van der Waals surface area (Å²) in [7, 11) is 1.88. The molecule has 0 N–H and O–H groups in total. The summed E-state index contributed by atoms with van der Waals surface area (Å²) in [6, 6.07) is 18.4. The molecule has 2 saturated heterocycles. The van der Waals surface area contributed by atoms with Crippen molar-refractivity contribution in [3.05, 3.63) is 71.3 Å². The van der Waals surface area contributed by atoms with Crippen LogP contribution in [0, 0.1) is 0 Å². The number of rotatable bonds is 4. The van der Waals surface area contributed by atoms with Crippen molar-refractivity contribution in [2.45, 2.75) is 18.6 Å². The first kappa shape index (κ1) is 20.9. The minimum absolute atomic E-state index is 0.281. The Balaban J connectivity index is 1.29. The molecule has 0 radical (unpaired) electrons. The highest BCUT2D eigenvalue weighted by Crippen LogP contribution is 2.50. The molecule has 1 aromatic heterocycles. The predicted molar refractivity (Wildman–Crippen MR) is 125 cm³/mol. The van der Waals surface area contributed by atoms with Crippen LogP contribution in [0.25, 0.3) is 11.3 Å². The first-order chi connectivity index (χ1) is 16.5. The minimum atomic E-state index is -1.47. The molecule has 0 bridgehead atoms. The van der Waals surface area contributed by atoms with Crippen LogP contribution < -0.4 is 4.90 Å². The summed E-state index contributed by atoms with van der Waals surface area (Å²) in [6.07, 6.45) is 1.30. The molecule has 34 heavy (non-hydrogen) atoms. The molecule has 3 heterocycles. The number of esters is 2. The largest absolute Gasteiger partial charge is 0.421 e. The van der Waals surface area contributed by atoms with Crippen LogP contribution in [0.4, 0.5) is 5.82 Å². The van der Waals surface area contributed by atoms with Gasteiger partial charge in [-0.25, -0.2) is 9.59 Å². The van der Waals surface area contributed by atoms with E-state index in [0.717, 1.165) is 61.8 Å². The summed E-state index contributed by atoms with van der Waals surface area (Å²) in [5.41, 5.74) is 4.81. The van der Waals surface area contributed by atoms with Crippen molar-refractivity contribution in [3.8, 4) is 11.3 Å². The third-order valence-electron chi connectivity index (χ3n) is 7.02. The van der Waals surface area contributed by atoms with E-state index < -0.39 is 17.7 Å². The molecule has 3 aromatic rings. The topological polar surface area (TPSA) is 76.9 Å². The molecule has 0 amide bonds. The zero-order valence-electron chi connectivity index (χ0n) is 19.1. The van der Waals surface area contributed by atoms with Gasteiger partial charge in [0.05, 0.1) is 12.1 Å². The first-order valence-electron chi connectivity index (χ1n) is 11.7. The Hall–Kier alpha value is -3.65. The fourth-order valence-corrected chi connectivity index (χ4v) is 5.33. The van der Waals surface area contributed by atoms with Gasteiger partial charge in [0, 0.05) is 45.3 Å². The third kappa shape index (κ3) is 3.37. The second kappa shape index (κ2) is 7.99. The van der Waals surface area contributed by atoms with Gasteiger partial charge >= 0.3 is 11.9 Å². The van der Waals surface area contributed by atoms with E-state index in [9.17, 15) is 9.59 Å². The van der Waals surface area contributed by atoms with Crippen LogP contribution in [0.15, 0.2) is 54.6 Å². The molecule has 0 saturated carbocycles. The number of carbonyl (C=O) groups is 2. The minimum Gasteiger partial charge on any atom is -0.409 e. The number of benzene rings is 2. The monoisotopic (exact) mass is 458 g/mol. The lowest BCUT2D eigenvalue weighted by molar-refractivity contribution is -0.183. The van der Waals surface area contributed by atoms with E-state index in [0.29, 0.717) is 5.56 Å². The Bertz CT molecular complexity index is 1250. The van der Waals surface area contributed by atoms with Gasteiger partial charge in [0.15, 0.2) is 5.82 Å². The molecular formula is C26H26N4O4. The average Bonchev–Trinajstić information content (AvgIpc) is 3.35. The Morgan fingerprint density at radius 1 is 0.912 bits per heavy atom. The fraction of sp³-hybridized carbons (Fsp3) is 0.346. The van der Waals surface area contributed by atoms with Crippen LogP contribution >= 0.6 is 0 Å². The number of nitrogens with zero attached hydrogens (tertiary/aromatic N) is 4. The SMILES string of the molecule is Cn1nc(N2CCN(CCc3ccccc3)CC2)c2c1-c1ccccc1CC21OC(=O)C(=O)O1. The molecule has 8 heteroatoms. The van der Waals surface area contributed by atoms with E-state index in [-0.39, 0.29) is 6.42 Å². The number of hydrogen-bond donors (Lipinski definition) is 0. The molecule has 2 aliphatic heterocycles. The van der Waals surface area contributed by atoms with Gasteiger partial charge in [-0.15, -0.1) is 0 Å². The Morgan fingerprint density at radius 3 is 2.32 bits per heavy atom. The number of ether oxygens (including phenoxy) is 2. The molecular weight excluding hydrogens is 432 g/mol. The van der Waals surface area contributed by atoms with Crippen molar-refractivity contribution in [2.24, 2.45) is 7.05 Å². The molecule has 1 aliphatic carbocycles. The van der Waals surface area contributed by atoms with Gasteiger partial charge < -0.3 is 14.4 Å². The number of piperazine rings is 1. The lowest BCUT2D eigenvalue weighted by atomic mass is 9.85. The lowest BCUT2D eigenvalue weighted by Gasteiger charge is -2.37. The molecule has 8 nitrogen and oxygen atoms in total. The highest BCUT2D eigenvalue weighted by Gasteiger charge is 2.56. The average molecular weight is 459 g/mol. The van der Waals surface area contributed by atoms with Gasteiger partial charge in [0.1, 0.15) is 5.56 Å². The van der Waals surface area contributed by atoms with Crippen LogP contribution in [0.5, 0.6) is 0 Å². The van der Waals surface area contributed by atoms with E-state index >= 15 is 0 Å². The molecule has 2 aromatic carbocycles. The van der Waals surface area contributed by atoms with Crippen molar-refractivity contribution >= 4 is 17.8 Å². The van der Waals surface area contributed by atoms with E-state index in [2.05, 4.69) is 34.1 Å². The smallest absolute Gasteiger partial charge is 0.409 e. The zero-order valence-corrected chi connectivity index (χ0v) is 19.1. The van der Waals surface area contributed by atoms with E-state index in [4.69, 9.17) is 14.6 Å². The summed E-state index contributed by atoms with van der Waals surface area (Å²) in [5, 5.41) is 4.84. The normalized spacial score (nSPS) is 19.0. The number of aromatic nitrogens is 2. The maximum Gasteiger partial charge on any atom is 0.421 e. The number of anilines is 1. The Labute approximate surface area is 197 Å². The summed E-state index contributed by atoms with van der Waals surface area (Å²) in [5.74, 6) is -2.65. The maximum absolute atomic E-state index is 12.2. The van der Waals surface area contributed by atoms with Crippen molar-refractivity contribution in [2.75, 3.05) is 37.6 Å². The number of aryl methyl sites for hydroxylation is 1. The molecule has 3 aliphatic rings. The predicted octanol–water partition coefficient (Wildman–Crippen LogP) is 2.26. The standard InChI is InChI=1S/C26H26N4O4/c1-28-22-20-10-6-5-9-19(20)17-26(33-24(31)25(32)34-26)21(22)23(27-28)30-15-13-29(14-16-30)12-11-18-7-3-2-4-8-18/h2-10H,11-17H2,1H3. The van der Waals surface area contributed by atoms with Crippen LogP contribution in [-0.4, -0.2) is 59.3 Å². The van der Waals surface area contributed by atoms with Crippen LogP contribution in [0.3, 0.4) is 0 Å². The molecule has 2 fully saturated rings. The van der Waals surface area contributed by atoms with Gasteiger partial charge in [-0.05, 0) is 17.5 Å². The molecule has 1 spiro atoms.